The highest BCUT2D eigenvalue weighted by molar-refractivity contribution is 5.44. The van der Waals surface area contributed by atoms with Crippen LogP contribution in [-0.4, -0.2) is 17.1 Å². The highest BCUT2D eigenvalue weighted by atomic mass is 15.0. The fourth-order valence-electron chi connectivity index (χ4n) is 1.59. The highest BCUT2D eigenvalue weighted by Crippen LogP contribution is 2.14. The lowest BCUT2D eigenvalue weighted by Gasteiger charge is -2.27. The first kappa shape index (κ1) is 13.5. The van der Waals surface area contributed by atoms with E-state index >= 15 is 0 Å². The Morgan fingerprint density at radius 3 is 2.59 bits per heavy atom. The number of nitriles is 1. The predicted octanol–water partition coefficient (Wildman–Crippen LogP) is 2.19. The number of nitrogens with one attached hydrogen (secondary N) is 1. The maximum absolute atomic E-state index is 8.88. The zero-order valence-corrected chi connectivity index (χ0v) is 10.7. The molecule has 0 unspecified atom stereocenters. The van der Waals surface area contributed by atoms with Crippen LogP contribution in [0.15, 0.2) is 12.1 Å². The van der Waals surface area contributed by atoms with Gasteiger partial charge in [-0.1, -0.05) is 13.8 Å². The Morgan fingerprint density at radius 2 is 2.06 bits per heavy atom. The molecule has 0 spiro atoms. The summed E-state index contributed by atoms with van der Waals surface area (Å²) in [4.78, 5) is 4.34. The summed E-state index contributed by atoms with van der Waals surface area (Å²) in [5.74, 6) is 0.721. The van der Waals surface area contributed by atoms with E-state index in [9.17, 15) is 0 Å². The summed E-state index contributed by atoms with van der Waals surface area (Å²) < 4.78 is 0. The lowest BCUT2D eigenvalue weighted by atomic mass is 9.94. The molecule has 0 saturated carbocycles. The Bertz CT molecular complexity index is 416. The Kier molecular flexibility index (Phi) is 4.47. The largest absolute Gasteiger partial charge is 0.368 e. The van der Waals surface area contributed by atoms with Crippen LogP contribution in [0.2, 0.25) is 0 Å². The van der Waals surface area contributed by atoms with Crippen LogP contribution in [0, 0.1) is 18.3 Å². The molecule has 0 aromatic carbocycles. The minimum Gasteiger partial charge on any atom is -0.368 e. The van der Waals surface area contributed by atoms with Crippen LogP contribution >= 0.6 is 0 Å². The molecule has 17 heavy (non-hydrogen) atoms. The molecule has 1 heterocycles. The summed E-state index contributed by atoms with van der Waals surface area (Å²) in [6, 6.07) is 5.64. The molecule has 1 aromatic heterocycles. The van der Waals surface area contributed by atoms with Crippen LogP contribution < -0.4 is 11.1 Å². The molecule has 0 atom stereocenters. The number of aryl methyl sites for hydroxylation is 1. The number of nitrogens with zero attached hydrogens (tertiary/aromatic N) is 2. The zero-order chi connectivity index (χ0) is 12.9. The van der Waals surface area contributed by atoms with E-state index in [1.165, 1.54) is 0 Å². The summed E-state index contributed by atoms with van der Waals surface area (Å²) in [6.45, 7) is 6.70. The third-order valence-corrected chi connectivity index (χ3v) is 3.11. The van der Waals surface area contributed by atoms with Gasteiger partial charge in [0.05, 0.1) is 11.6 Å². The molecule has 0 aliphatic heterocycles. The molecular weight excluding hydrogens is 212 g/mol. The van der Waals surface area contributed by atoms with Gasteiger partial charge in [-0.2, -0.15) is 5.26 Å². The first-order valence-electron chi connectivity index (χ1n) is 5.94. The van der Waals surface area contributed by atoms with E-state index < -0.39 is 0 Å². The van der Waals surface area contributed by atoms with Crippen molar-refractivity contribution in [3.8, 4) is 6.07 Å². The van der Waals surface area contributed by atoms with Crippen LogP contribution in [0.5, 0.6) is 0 Å². The first-order valence-corrected chi connectivity index (χ1v) is 5.94. The predicted molar refractivity (Wildman–Crippen MR) is 69.7 cm³/mol. The molecule has 0 fully saturated rings. The van der Waals surface area contributed by atoms with Gasteiger partial charge in [-0.25, -0.2) is 4.98 Å². The zero-order valence-electron chi connectivity index (χ0n) is 10.7. The summed E-state index contributed by atoms with van der Waals surface area (Å²) >= 11 is 0. The second-order valence-corrected chi connectivity index (χ2v) is 4.42. The van der Waals surface area contributed by atoms with Crippen molar-refractivity contribution in [2.24, 2.45) is 5.73 Å². The number of aromatic nitrogens is 1. The molecule has 0 saturated heterocycles. The van der Waals surface area contributed by atoms with Crippen molar-refractivity contribution in [2.45, 2.75) is 39.2 Å². The molecule has 0 amide bonds. The lowest BCUT2D eigenvalue weighted by Crippen LogP contribution is -2.45. The Labute approximate surface area is 103 Å². The third kappa shape index (κ3) is 3.72. The van der Waals surface area contributed by atoms with Crippen molar-refractivity contribution in [1.82, 2.24) is 4.98 Å². The van der Waals surface area contributed by atoms with E-state index in [4.69, 9.17) is 11.0 Å². The van der Waals surface area contributed by atoms with Crippen LogP contribution in [0.3, 0.4) is 0 Å². The lowest BCUT2D eigenvalue weighted by molar-refractivity contribution is 0.418. The van der Waals surface area contributed by atoms with Gasteiger partial charge in [-0.05, 0) is 31.9 Å². The molecule has 4 nitrogen and oxygen atoms in total. The normalized spacial score (nSPS) is 11.0. The quantitative estimate of drug-likeness (QED) is 0.816. The fraction of sp³-hybridized carbons (Fsp3) is 0.538. The number of rotatable bonds is 5. The SMILES string of the molecule is CCC(N)(CC)CNc1cc(C#N)cc(C)n1. The maximum atomic E-state index is 8.88. The van der Waals surface area contributed by atoms with Crippen molar-refractivity contribution in [2.75, 3.05) is 11.9 Å². The number of pyridine rings is 1. The molecule has 4 heteroatoms. The van der Waals surface area contributed by atoms with Crippen LogP contribution in [0.1, 0.15) is 37.9 Å². The monoisotopic (exact) mass is 232 g/mol. The average molecular weight is 232 g/mol. The van der Waals surface area contributed by atoms with E-state index in [2.05, 4.69) is 30.2 Å². The minimum atomic E-state index is -0.210. The van der Waals surface area contributed by atoms with Gasteiger partial charge in [0, 0.05) is 17.8 Å². The molecule has 1 aromatic rings. The Balaban J connectivity index is 2.76. The van der Waals surface area contributed by atoms with E-state index in [-0.39, 0.29) is 5.54 Å². The fourth-order valence-corrected chi connectivity index (χ4v) is 1.59. The van der Waals surface area contributed by atoms with Gasteiger partial charge in [-0.15, -0.1) is 0 Å². The van der Waals surface area contributed by atoms with Gasteiger partial charge in [0.15, 0.2) is 0 Å². The van der Waals surface area contributed by atoms with E-state index in [0.717, 1.165) is 24.4 Å². The van der Waals surface area contributed by atoms with Gasteiger partial charge in [0.1, 0.15) is 5.82 Å². The standard InChI is InChI=1S/C13H20N4/c1-4-13(15,5-2)9-16-12-7-11(8-14)6-10(3)17-12/h6-7H,4-5,9,15H2,1-3H3,(H,16,17). The molecule has 1 rings (SSSR count). The molecule has 0 bridgehead atoms. The topological polar surface area (TPSA) is 74.7 Å². The number of nitrogens with two attached hydrogens (primary N) is 1. The minimum absolute atomic E-state index is 0.210. The van der Waals surface area contributed by atoms with Crippen molar-refractivity contribution >= 4 is 5.82 Å². The van der Waals surface area contributed by atoms with E-state index in [1.807, 2.05) is 6.92 Å². The molecule has 0 aliphatic rings. The van der Waals surface area contributed by atoms with Crippen molar-refractivity contribution in [3.63, 3.8) is 0 Å². The maximum Gasteiger partial charge on any atom is 0.127 e. The smallest absolute Gasteiger partial charge is 0.127 e. The molecule has 0 aliphatic carbocycles. The van der Waals surface area contributed by atoms with Crippen molar-refractivity contribution in [1.29, 1.82) is 5.26 Å². The first-order chi connectivity index (χ1) is 8.03. The number of anilines is 1. The van der Waals surface area contributed by atoms with Gasteiger partial charge in [-0.3, -0.25) is 0 Å². The van der Waals surface area contributed by atoms with E-state index in [1.54, 1.807) is 12.1 Å². The van der Waals surface area contributed by atoms with Gasteiger partial charge >= 0.3 is 0 Å². The summed E-state index contributed by atoms with van der Waals surface area (Å²) in [7, 11) is 0. The Hall–Kier alpha value is -1.60. The number of hydrogen-bond acceptors (Lipinski definition) is 4. The third-order valence-electron chi connectivity index (χ3n) is 3.11. The van der Waals surface area contributed by atoms with Gasteiger partial charge < -0.3 is 11.1 Å². The van der Waals surface area contributed by atoms with Crippen molar-refractivity contribution < 1.29 is 0 Å². The summed E-state index contributed by atoms with van der Waals surface area (Å²) in [5.41, 5.74) is 7.44. The van der Waals surface area contributed by atoms with Crippen molar-refractivity contribution in [3.05, 3.63) is 23.4 Å². The summed E-state index contributed by atoms with van der Waals surface area (Å²) in [6.07, 6.45) is 1.82. The average Bonchev–Trinajstić information content (AvgIpc) is 2.35. The number of hydrogen-bond donors (Lipinski definition) is 2. The second-order valence-electron chi connectivity index (χ2n) is 4.42. The molecule has 3 N–H and O–H groups in total. The van der Waals surface area contributed by atoms with Gasteiger partial charge in [0.2, 0.25) is 0 Å². The van der Waals surface area contributed by atoms with Crippen LogP contribution in [-0.2, 0) is 0 Å². The van der Waals surface area contributed by atoms with Crippen LogP contribution in [0.25, 0.3) is 0 Å². The molecule has 92 valence electrons. The van der Waals surface area contributed by atoms with Gasteiger partial charge in [0.25, 0.3) is 0 Å². The molecule has 0 radical (unpaired) electrons. The Morgan fingerprint density at radius 1 is 1.41 bits per heavy atom. The van der Waals surface area contributed by atoms with E-state index in [0.29, 0.717) is 12.1 Å². The second kappa shape index (κ2) is 5.65. The molecular formula is C13H20N4. The highest BCUT2D eigenvalue weighted by Gasteiger charge is 2.19. The van der Waals surface area contributed by atoms with Crippen LogP contribution in [0.4, 0.5) is 5.82 Å². The summed E-state index contributed by atoms with van der Waals surface area (Å²) in [5, 5.41) is 12.1.